The highest BCUT2D eigenvalue weighted by molar-refractivity contribution is 7.39. The van der Waals surface area contributed by atoms with Gasteiger partial charge < -0.3 is 4.90 Å². The molecule has 3 rings (SSSR count). The molecule has 0 saturated heterocycles. The molecule has 0 N–H and O–H groups in total. The van der Waals surface area contributed by atoms with Gasteiger partial charge in [-0.15, -0.1) is 0 Å². The van der Waals surface area contributed by atoms with Crippen LogP contribution in [-0.2, 0) is 5.54 Å². The molecule has 120 valence electrons. The summed E-state index contributed by atoms with van der Waals surface area (Å²) in [6.45, 7) is 0. The van der Waals surface area contributed by atoms with Gasteiger partial charge in [0, 0.05) is 7.05 Å². The summed E-state index contributed by atoms with van der Waals surface area (Å²) in [6.07, 6.45) is 0. The van der Waals surface area contributed by atoms with Gasteiger partial charge in [0.1, 0.15) is 5.54 Å². The SMILES string of the molecule is CN(C(=O)P)C(c1ccccc1)(c1ccccc1)c1ccccc1. The summed E-state index contributed by atoms with van der Waals surface area (Å²) in [5.41, 5.74) is 2.43. The van der Waals surface area contributed by atoms with E-state index in [9.17, 15) is 4.79 Å². The van der Waals surface area contributed by atoms with Crippen LogP contribution in [-0.4, -0.2) is 17.6 Å². The highest BCUT2D eigenvalue weighted by Crippen LogP contribution is 2.42. The first-order valence-electron chi connectivity index (χ1n) is 7.87. The Kier molecular flexibility index (Phi) is 4.78. The molecule has 0 aliphatic carbocycles. The number of hydrogen-bond donors (Lipinski definition) is 0. The fourth-order valence-electron chi connectivity index (χ4n) is 3.28. The van der Waals surface area contributed by atoms with Crippen LogP contribution in [0.4, 0.5) is 4.79 Å². The lowest BCUT2D eigenvalue weighted by Crippen LogP contribution is -2.47. The first-order valence-corrected chi connectivity index (χ1v) is 8.45. The van der Waals surface area contributed by atoms with Crippen LogP contribution >= 0.6 is 9.24 Å². The second-order valence-electron chi connectivity index (χ2n) is 5.71. The maximum absolute atomic E-state index is 12.4. The Bertz CT molecular complexity index is 706. The smallest absolute Gasteiger partial charge is 0.238 e. The van der Waals surface area contributed by atoms with E-state index in [1.54, 1.807) is 4.90 Å². The van der Waals surface area contributed by atoms with Crippen molar-refractivity contribution in [3.63, 3.8) is 0 Å². The number of amides is 1. The predicted octanol–water partition coefficient (Wildman–Crippen LogP) is 4.91. The molecule has 1 atom stereocenters. The number of carbonyl (C=O) groups excluding carboxylic acids is 1. The molecule has 0 aliphatic rings. The van der Waals surface area contributed by atoms with E-state index in [-0.39, 0.29) is 5.65 Å². The Morgan fingerprint density at radius 1 is 0.708 bits per heavy atom. The van der Waals surface area contributed by atoms with E-state index in [2.05, 4.69) is 45.6 Å². The number of carbonyl (C=O) groups is 1. The molecule has 0 aromatic heterocycles. The van der Waals surface area contributed by atoms with Crippen molar-refractivity contribution in [2.24, 2.45) is 0 Å². The topological polar surface area (TPSA) is 20.3 Å². The summed E-state index contributed by atoms with van der Waals surface area (Å²) in [5.74, 6) is 0. The van der Waals surface area contributed by atoms with Crippen molar-refractivity contribution in [1.82, 2.24) is 4.90 Å². The normalized spacial score (nSPS) is 11.1. The average Bonchev–Trinajstić information content (AvgIpc) is 2.65. The van der Waals surface area contributed by atoms with Crippen molar-refractivity contribution in [3.05, 3.63) is 108 Å². The maximum Gasteiger partial charge on any atom is 0.238 e. The highest BCUT2D eigenvalue weighted by atomic mass is 31.0. The molecule has 1 unspecified atom stereocenters. The van der Waals surface area contributed by atoms with Gasteiger partial charge in [0.05, 0.1) is 0 Å². The fourth-order valence-corrected chi connectivity index (χ4v) is 3.48. The maximum atomic E-state index is 12.4. The van der Waals surface area contributed by atoms with Crippen LogP contribution in [0.15, 0.2) is 91.0 Å². The molecule has 3 aromatic rings. The van der Waals surface area contributed by atoms with Gasteiger partial charge in [-0.1, -0.05) is 91.0 Å². The van der Waals surface area contributed by atoms with E-state index < -0.39 is 5.54 Å². The van der Waals surface area contributed by atoms with Gasteiger partial charge >= 0.3 is 0 Å². The summed E-state index contributed by atoms with van der Waals surface area (Å²) in [4.78, 5) is 14.2. The van der Waals surface area contributed by atoms with Gasteiger partial charge in [-0.05, 0) is 25.9 Å². The molecule has 0 spiro atoms. The second-order valence-corrected chi connectivity index (χ2v) is 6.20. The Balaban J connectivity index is 2.39. The van der Waals surface area contributed by atoms with Crippen LogP contribution in [0.5, 0.6) is 0 Å². The van der Waals surface area contributed by atoms with E-state index in [0.717, 1.165) is 16.7 Å². The largest absolute Gasteiger partial charge is 0.325 e. The van der Waals surface area contributed by atoms with Crippen LogP contribution in [0.3, 0.4) is 0 Å². The van der Waals surface area contributed by atoms with Crippen LogP contribution in [0.1, 0.15) is 16.7 Å². The van der Waals surface area contributed by atoms with E-state index in [4.69, 9.17) is 0 Å². The summed E-state index contributed by atoms with van der Waals surface area (Å²) in [6, 6.07) is 30.5. The zero-order valence-electron chi connectivity index (χ0n) is 13.6. The van der Waals surface area contributed by atoms with Crippen LogP contribution in [0, 0.1) is 0 Å². The van der Waals surface area contributed by atoms with Crippen molar-refractivity contribution in [2.45, 2.75) is 5.54 Å². The first-order chi connectivity index (χ1) is 11.7. The molecule has 3 heteroatoms. The van der Waals surface area contributed by atoms with Crippen LogP contribution in [0.2, 0.25) is 0 Å². The minimum Gasteiger partial charge on any atom is -0.325 e. The molecule has 0 saturated carbocycles. The van der Waals surface area contributed by atoms with Crippen molar-refractivity contribution in [1.29, 1.82) is 0 Å². The third kappa shape index (κ3) is 2.74. The van der Waals surface area contributed by atoms with Gasteiger partial charge in [0.2, 0.25) is 5.65 Å². The zero-order valence-corrected chi connectivity index (χ0v) is 14.7. The average molecular weight is 333 g/mol. The highest BCUT2D eigenvalue weighted by Gasteiger charge is 2.41. The fraction of sp³-hybridized carbons (Fsp3) is 0.0952. The quantitative estimate of drug-likeness (QED) is 0.491. The molecule has 2 nitrogen and oxygen atoms in total. The Labute approximate surface area is 145 Å². The molecule has 0 aliphatic heterocycles. The number of nitrogens with zero attached hydrogens (tertiary/aromatic N) is 1. The molecule has 0 radical (unpaired) electrons. The molecule has 0 fully saturated rings. The Morgan fingerprint density at radius 2 is 1.00 bits per heavy atom. The lowest BCUT2D eigenvalue weighted by molar-refractivity contribution is 0.200. The van der Waals surface area contributed by atoms with E-state index >= 15 is 0 Å². The molecule has 3 aromatic carbocycles. The second kappa shape index (κ2) is 6.98. The third-order valence-corrected chi connectivity index (χ3v) is 4.80. The molecule has 1 amide bonds. The van der Waals surface area contributed by atoms with Gasteiger partial charge in [-0.3, -0.25) is 4.79 Å². The number of benzene rings is 3. The summed E-state index contributed by atoms with van der Waals surface area (Å²) < 4.78 is 0. The standard InChI is InChI=1S/C21H20NOP/c1-22(20(23)24)21(17-11-5-2-6-12-17,18-13-7-3-8-14-18)19-15-9-4-10-16-19/h2-16H,24H2,1H3. The summed E-state index contributed by atoms with van der Waals surface area (Å²) >= 11 is 0. The zero-order chi connectivity index (χ0) is 17.0. The lowest BCUT2D eigenvalue weighted by Gasteiger charge is -2.43. The summed E-state index contributed by atoms with van der Waals surface area (Å²) in [5, 5.41) is 0. The van der Waals surface area contributed by atoms with Crippen molar-refractivity contribution < 1.29 is 4.79 Å². The Morgan fingerprint density at radius 3 is 1.25 bits per heavy atom. The molecule has 0 heterocycles. The molecular weight excluding hydrogens is 313 g/mol. The van der Waals surface area contributed by atoms with Gasteiger partial charge in [-0.25, -0.2) is 0 Å². The van der Waals surface area contributed by atoms with E-state index in [0.29, 0.717) is 0 Å². The molecular formula is C21H20NOP. The number of hydrogen-bond acceptors (Lipinski definition) is 1. The number of rotatable bonds is 4. The third-order valence-electron chi connectivity index (χ3n) is 4.41. The predicted molar refractivity (Wildman–Crippen MR) is 102 cm³/mol. The van der Waals surface area contributed by atoms with Gasteiger partial charge in [-0.2, -0.15) is 0 Å². The summed E-state index contributed by atoms with van der Waals surface area (Å²) in [7, 11) is 4.15. The van der Waals surface area contributed by atoms with Gasteiger partial charge in [0.25, 0.3) is 0 Å². The Hall–Kier alpha value is -2.44. The monoisotopic (exact) mass is 333 g/mol. The van der Waals surface area contributed by atoms with Crippen molar-refractivity contribution >= 4 is 14.9 Å². The lowest BCUT2D eigenvalue weighted by atomic mass is 9.76. The van der Waals surface area contributed by atoms with E-state index in [1.165, 1.54) is 0 Å². The van der Waals surface area contributed by atoms with Crippen molar-refractivity contribution in [2.75, 3.05) is 7.05 Å². The minimum atomic E-state index is -0.678. The van der Waals surface area contributed by atoms with Crippen LogP contribution < -0.4 is 0 Å². The minimum absolute atomic E-state index is 0.0634. The molecule has 0 bridgehead atoms. The van der Waals surface area contributed by atoms with Crippen molar-refractivity contribution in [3.8, 4) is 0 Å². The van der Waals surface area contributed by atoms with E-state index in [1.807, 2.05) is 61.6 Å². The first kappa shape index (κ1) is 16.4. The van der Waals surface area contributed by atoms with Gasteiger partial charge in [0.15, 0.2) is 0 Å². The van der Waals surface area contributed by atoms with Crippen LogP contribution in [0.25, 0.3) is 0 Å². The molecule has 24 heavy (non-hydrogen) atoms.